The molecular formula is C24H28ClN9. The van der Waals surface area contributed by atoms with Crippen molar-refractivity contribution in [1.29, 1.82) is 0 Å². The number of H-pyrrole nitrogens is 1. The van der Waals surface area contributed by atoms with Crippen LogP contribution in [0.5, 0.6) is 0 Å². The Morgan fingerprint density at radius 1 is 0.971 bits per heavy atom. The molecule has 1 saturated heterocycles. The molecule has 4 heterocycles. The van der Waals surface area contributed by atoms with Crippen molar-refractivity contribution in [2.24, 2.45) is 0 Å². The summed E-state index contributed by atoms with van der Waals surface area (Å²) in [6.45, 7) is 5.16. The molecule has 3 aromatic heterocycles. The molecule has 176 valence electrons. The second-order valence-electron chi connectivity index (χ2n) is 8.72. The van der Waals surface area contributed by atoms with Gasteiger partial charge in [-0.1, -0.05) is 6.07 Å². The predicted molar refractivity (Wildman–Crippen MR) is 137 cm³/mol. The van der Waals surface area contributed by atoms with E-state index in [0.29, 0.717) is 12.0 Å². The number of piperazine rings is 1. The minimum absolute atomic E-state index is 0. The number of pyridine rings is 1. The second kappa shape index (κ2) is 9.92. The summed E-state index contributed by atoms with van der Waals surface area (Å²) in [5, 5.41) is 10.1. The average molecular weight is 478 g/mol. The van der Waals surface area contributed by atoms with Crippen LogP contribution in [0.1, 0.15) is 18.4 Å². The van der Waals surface area contributed by atoms with Crippen LogP contribution < -0.4 is 16.0 Å². The van der Waals surface area contributed by atoms with Gasteiger partial charge in [0.1, 0.15) is 18.0 Å². The summed E-state index contributed by atoms with van der Waals surface area (Å²) in [7, 11) is 0. The number of imidazole rings is 1. The molecule has 1 saturated carbocycles. The van der Waals surface area contributed by atoms with Crippen molar-refractivity contribution in [3.63, 3.8) is 0 Å². The highest BCUT2D eigenvalue weighted by molar-refractivity contribution is 5.85. The molecule has 6 rings (SSSR count). The van der Waals surface area contributed by atoms with Gasteiger partial charge in [0, 0.05) is 56.6 Å². The lowest BCUT2D eigenvalue weighted by Gasteiger charge is -2.27. The Kier molecular flexibility index (Phi) is 6.57. The number of nitrogens with zero attached hydrogens (tertiary/aromatic N) is 5. The van der Waals surface area contributed by atoms with E-state index in [1.807, 2.05) is 24.4 Å². The zero-order valence-electron chi connectivity index (χ0n) is 18.8. The summed E-state index contributed by atoms with van der Waals surface area (Å²) in [6, 6.07) is 12.9. The number of anilines is 3. The van der Waals surface area contributed by atoms with Crippen LogP contribution in [0.4, 0.5) is 17.6 Å². The van der Waals surface area contributed by atoms with E-state index >= 15 is 0 Å². The van der Waals surface area contributed by atoms with E-state index in [1.54, 1.807) is 6.33 Å². The maximum Gasteiger partial charge on any atom is 0.206 e. The molecule has 1 aliphatic carbocycles. The molecule has 2 aliphatic rings. The van der Waals surface area contributed by atoms with Gasteiger partial charge in [0.2, 0.25) is 5.95 Å². The molecule has 0 amide bonds. The lowest BCUT2D eigenvalue weighted by atomic mass is 10.1. The van der Waals surface area contributed by atoms with E-state index in [2.05, 4.69) is 64.0 Å². The van der Waals surface area contributed by atoms with Gasteiger partial charge >= 0.3 is 0 Å². The predicted octanol–water partition coefficient (Wildman–Crippen LogP) is 3.56. The fourth-order valence-corrected chi connectivity index (χ4v) is 4.15. The van der Waals surface area contributed by atoms with Crippen molar-refractivity contribution < 1.29 is 0 Å². The first-order valence-electron chi connectivity index (χ1n) is 11.5. The maximum absolute atomic E-state index is 4.68. The number of aromatic amines is 1. The van der Waals surface area contributed by atoms with Gasteiger partial charge < -0.3 is 20.9 Å². The summed E-state index contributed by atoms with van der Waals surface area (Å²) < 4.78 is 0. The van der Waals surface area contributed by atoms with E-state index in [0.717, 1.165) is 66.7 Å². The van der Waals surface area contributed by atoms with Gasteiger partial charge in [-0.05, 0) is 42.7 Å². The largest absolute Gasteiger partial charge is 0.367 e. The Hall–Kier alpha value is -3.27. The molecule has 0 atom stereocenters. The zero-order chi connectivity index (χ0) is 22.0. The molecule has 9 nitrogen and oxygen atoms in total. The van der Waals surface area contributed by atoms with Crippen LogP contribution in [0.2, 0.25) is 0 Å². The molecule has 2 fully saturated rings. The Morgan fingerprint density at radius 3 is 2.71 bits per heavy atom. The van der Waals surface area contributed by atoms with Crippen molar-refractivity contribution in [1.82, 2.24) is 35.1 Å². The van der Waals surface area contributed by atoms with Gasteiger partial charge in [-0.2, -0.15) is 0 Å². The Bertz CT molecular complexity index is 1260. The summed E-state index contributed by atoms with van der Waals surface area (Å²) in [4.78, 5) is 23.8. The number of benzene rings is 1. The number of aromatic nitrogens is 5. The highest BCUT2D eigenvalue weighted by atomic mass is 35.5. The first-order chi connectivity index (χ1) is 16.3. The molecule has 0 radical (unpaired) electrons. The standard InChI is InChI=1S/C24H27N9.ClH/c1-4-19-21(12-17(1)20-13-23(28-15-27-20)29-18-2-3-18)31-24(30-19)32-22-11-16(5-6-26-22)14-33-9-7-25-8-10-33;/h1,4-6,11-13,15,18,25H,2-3,7-10,14H2,(H,27,28,29)(H2,26,30,31,32);1H. The van der Waals surface area contributed by atoms with E-state index in [1.165, 1.54) is 18.4 Å². The number of fused-ring (bicyclic) bond motifs is 1. The number of hydrogen-bond donors (Lipinski definition) is 4. The molecule has 0 bridgehead atoms. The molecular weight excluding hydrogens is 450 g/mol. The summed E-state index contributed by atoms with van der Waals surface area (Å²) in [5.41, 5.74) is 4.99. The Balaban J connectivity index is 0.00000241. The molecule has 4 aromatic rings. The van der Waals surface area contributed by atoms with Crippen molar-refractivity contribution in [2.75, 3.05) is 36.8 Å². The molecule has 34 heavy (non-hydrogen) atoms. The number of hydrogen-bond acceptors (Lipinski definition) is 8. The van der Waals surface area contributed by atoms with Crippen molar-refractivity contribution in [3.8, 4) is 11.3 Å². The average Bonchev–Trinajstić information content (AvgIpc) is 3.56. The number of nitrogens with one attached hydrogen (secondary N) is 4. The third kappa shape index (κ3) is 5.27. The second-order valence-corrected chi connectivity index (χ2v) is 8.72. The van der Waals surface area contributed by atoms with E-state index in [-0.39, 0.29) is 12.4 Å². The highest BCUT2D eigenvalue weighted by Crippen LogP contribution is 2.27. The van der Waals surface area contributed by atoms with Crippen LogP contribution in [0.15, 0.2) is 48.9 Å². The lowest BCUT2D eigenvalue weighted by molar-refractivity contribution is 0.233. The molecule has 4 N–H and O–H groups in total. The van der Waals surface area contributed by atoms with Crippen LogP contribution in [0.25, 0.3) is 22.3 Å². The number of halogens is 1. The van der Waals surface area contributed by atoms with Gasteiger partial charge in [-0.15, -0.1) is 12.4 Å². The zero-order valence-corrected chi connectivity index (χ0v) is 19.6. The molecule has 1 aliphatic heterocycles. The maximum atomic E-state index is 4.68. The minimum atomic E-state index is 0. The van der Waals surface area contributed by atoms with Crippen LogP contribution in [0.3, 0.4) is 0 Å². The topological polar surface area (TPSA) is 107 Å². The minimum Gasteiger partial charge on any atom is -0.367 e. The van der Waals surface area contributed by atoms with Crippen molar-refractivity contribution in [2.45, 2.75) is 25.4 Å². The van der Waals surface area contributed by atoms with Gasteiger partial charge in [0.25, 0.3) is 0 Å². The lowest BCUT2D eigenvalue weighted by Crippen LogP contribution is -2.42. The van der Waals surface area contributed by atoms with E-state index in [9.17, 15) is 0 Å². The first kappa shape index (κ1) is 22.5. The third-order valence-corrected chi connectivity index (χ3v) is 6.06. The first-order valence-corrected chi connectivity index (χ1v) is 11.5. The SMILES string of the molecule is Cl.c1cc(CN2CCNCC2)cc(Nc2nc3ccc(-c4cc(NC5CC5)ncn4)cc3[nH]2)n1. The summed E-state index contributed by atoms with van der Waals surface area (Å²) in [5.74, 6) is 2.34. The van der Waals surface area contributed by atoms with Gasteiger partial charge in [-0.3, -0.25) is 4.90 Å². The highest BCUT2D eigenvalue weighted by Gasteiger charge is 2.21. The van der Waals surface area contributed by atoms with E-state index in [4.69, 9.17) is 0 Å². The number of rotatable bonds is 7. The smallest absolute Gasteiger partial charge is 0.206 e. The van der Waals surface area contributed by atoms with Gasteiger partial charge in [-0.25, -0.2) is 19.9 Å². The fraction of sp³-hybridized carbons (Fsp3) is 0.333. The fourth-order valence-electron chi connectivity index (χ4n) is 4.15. The molecule has 10 heteroatoms. The van der Waals surface area contributed by atoms with Crippen molar-refractivity contribution in [3.05, 3.63) is 54.5 Å². The molecule has 0 unspecified atom stereocenters. The molecule has 0 spiro atoms. The summed E-state index contributed by atoms with van der Waals surface area (Å²) in [6.07, 6.45) is 5.89. The summed E-state index contributed by atoms with van der Waals surface area (Å²) >= 11 is 0. The normalized spacial score (nSPS) is 16.2. The Labute approximate surface area is 204 Å². The Morgan fingerprint density at radius 2 is 1.85 bits per heavy atom. The van der Waals surface area contributed by atoms with E-state index < -0.39 is 0 Å². The molecule has 1 aromatic carbocycles. The quantitative estimate of drug-likeness (QED) is 0.320. The van der Waals surface area contributed by atoms with Crippen LogP contribution in [-0.4, -0.2) is 62.0 Å². The van der Waals surface area contributed by atoms with Crippen LogP contribution >= 0.6 is 12.4 Å². The monoisotopic (exact) mass is 477 g/mol. The van der Waals surface area contributed by atoms with Crippen LogP contribution in [-0.2, 0) is 6.54 Å². The van der Waals surface area contributed by atoms with Crippen molar-refractivity contribution >= 4 is 41.0 Å². The van der Waals surface area contributed by atoms with Crippen LogP contribution in [0, 0.1) is 0 Å². The van der Waals surface area contributed by atoms with Gasteiger partial charge in [0.05, 0.1) is 16.7 Å². The van der Waals surface area contributed by atoms with Gasteiger partial charge in [0.15, 0.2) is 0 Å². The third-order valence-electron chi connectivity index (χ3n) is 6.06.